The summed E-state index contributed by atoms with van der Waals surface area (Å²) in [4.78, 5) is 2.13. The van der Waals surface area contributed by atoms with Crippen LogP contribution in [0.2, 0.25) is 0 Å². The Bertz CT molecular complexity index is 718. The SMILES string of the molecule is CCCCn1nnnc1CN1Cc2c(OC)ccc(OC)c2[C@@H](O)C1. The second kappa shape index (κ2) is 7.79. The van der Waals surface area contributed by atoms with Crippen LogP contribution in [0.4, 0.5) is 0 Å². The Morgan fingerprint density at radius 1 is 1.24 bits per heavy atom. The van der Waals surface area contributed by atoms with Crippen molar-refractivity contribution in [2.45, 2.75) is 45.5 Å². The fraction of sp³-hybridized carbons (Fsp3) is 0.588. The number of nitrogens with zero attached hydrogens (tertiary/aromatic N) is 5. The minimum atomic E-state index is -0.645. The standard InChI is InChI=1S/C17H25N5O3/c1-4-5-8-22-16(18-19-20-22)11-21-9-12-14(24-2)6-7-15(25-3)17(12)13(23)10-21/h6-7,13,23H,4-5,8-11H2,1-3H3/t13-/m0/s1. The Kier molecular flexibility index (Phi) is 5.50. The van der Waals surface area contributed by atoms with Crippen LogP contribution in [0.15, 0.2) is 12.1 Å². The van der Waals surface area contributed by atoms with Crippen LogP contribution in [-0.2, 0) is 19.6 Å². The van der Waals surface area contributed by atoms with E-state index in [9.17, 15) is 5.11 Å². The summed E-state index contributed by atoms with van der Waals surface area (Å²) < 4.78 is 12.7. The summed E-state index contributed by atoms with van der Waals surface area (Å²) in [6, 6.07) is 3.71. The number of ether oxygens (including phenoxy) is 2. The Labute approximate surface area is 147 Å². The molecule has 25 heavy (non-hydrogen) atoms. The number of aliphatic hydroxyl groups is 1. The largest absolute Gasteiger partial charge is 0.496 e. The van der Waals surface area contributed by atoms with Crippen LogP contribution < -0.4 is 9.47 Å². The summed E-state index contributed by atoms with van der Waals surface area (Å²) in [6.07, 6.45) is 1.48. The molecule has 0 saturated carbocycles. The summed E-state index contributed by atoms with van der Waals surface area (Å²) in [5.74, 6) is 2.26. The topological polar surface area (TPSA) is 85.5 Å². The van der Waals surface area contributed by atoms with Crippen molar-refractivity contribution in [1.82, 2.24) is 25.1 Å². The number of methoxy groups -OCH3 is 2. The molecule has 0 spiro atoms. The number of unbranched alkanes of at least 4 members (excludes halogenated alkanes) is 1. The average molecular weight is 347 g/mol. The van der Waals surface area contributed by atoms with Crippen LogP contribution in [0, 0.1) is 0 Å². The maximum atomic E-state index is 10.7. The van der Waals surface area contributed by atoms with Gasteiger partial charge in [-0.2, -0.15) is 0 Å². The fourth-order valence-electron chi connectivity index (χ4n) is 3.28. The number of aryl methyl sites for hydroxylation is 1. The molecular formula is C17H25N5O3. The van der Waals surface area contributed by atoms with Crippen LogP contribution >= 0.6 is 0 Å². The monoisotopic (exact) mass is 347 g/mol. The van der Waals surface area contributed by atoms with Crippen molar-refractivity contribution in [3.05, 3.63) is 29.1 Å². The van der Waals surface area contributed by atoms with E-state index in [4.69, 9.17) is 9.47 Å². The predicted octanol–water partition coefficient (Wildman–Crippen LogP) is 1.54. The third kappa shape index (κ3) is 3.59. The minimum absolute atomic E-state index is 0.497. The quantitative estimate of drug-likeness (QED) is 0.813. The molecule has 8 heteroatoms. The van der Waals surface area contributed by atoms with Crippen LogP contribution in [0.3, 0.4) is 0 Å². The molecule has 0 radical (unpaired) electrons. The smallest absolute Gasteiger partial charge is 0.165 e. The number of aromatic nitrogens is 4. The zero-order chi connectivity index (χ0) is 17.8. The molecule has 0 saturated heterocycles. The second-order valence-electron chi connectivity index (χ2n) is 6.22. The van der Waals surface area contributed by atoms with E-state index in [-0.39, 0.29) is 0 Å². The first-order valence-electron chi connectivity index (χ1n) is 8.57. The summed E-state index contributed by atoms with van der Waals surface area (Å²) in [5.41, 5.74) is 1.76. The molecule has 2 heterocycles. The van der Waals surface area contributed by atoms with Gasteiger partial charge in [0.05, 0.1) is 26.9 Å². The zero-order valence-electron chi connectivity index (χ0n) is 15.0. The number of tetrazole rings is 1. The maximum absolute atomic E-state index is 10.7. The fourth-order valence-corrected chi connectivity index (χ4v) is 3.28. The van der Waals surface area contributed by atoms with E-state index < -0.39 is 6.10 Å². The highest BCUT2D eigenvalue weighted by atomic mass is 16.5. The van der Waals surface area contributed by atoms with Gasteiger partial charge in [0.15, 0.2) is 5.82 Å². The molecule has 0 amide bonds. The molecular weight excluding hydrogens is 322 g/mol. The molecule has 1 N–H and O–H groups in total. The Morgan fingerprint density at radius 2 is 2.00 bits per heavy atom. The number of hydrogen-bond donors (Lipinski definition) is 1. The van der Waals surface area contributed by atoms with Gasteiger partial charge in [0.2, 0.25) is 0 Å². The minimum Gasteiger partial charge on any atom is -0.496 e. The number of rotatable bonds is 7. The molecule has 1 aromatic heterocycles. The highest BCUT2D eigenvalue weighted by Crippen LogP contribution is 2.39. The molecule has 3 rings (SSSR count). The van der Waals surface area contributed by atoms with Crippen molar-refractivity contribution in [1.29, 1.82) is 0 Å². The maximum Gasteiger partial charge on any atom is 0.165 e. The third-order valence-electron chi connectivity index (χ3n) is 4.55. The highest BCUT2D eigenvalue weighted by Gasteiger charge is 2.30. The average Bonchev–Trinajstić information content (AvgIpc) is 3.05. The molecule has 136 valence electrons. The van der Waals surface area contributed by atoms with E-state index in [0.29, 0.717) is 25.4 Å². The molecule has 1 aliphatic rings. The van der Waals surface area contributed by atoms with Crippen LogP contribution in [-0.4, -0.2) is 51.0 Å². The van der Waals surface area contributed by atoms with Gasteiger partial charge in [-0.25, -0.2) is 4.68 Å². The van der Waals surface area contributed by atoms with Crippen molar-refractivity contribution in [2.24, 2.45) is 0 Å². The van der Waals surface area contributed by atoms with Gasteiger partial charge in [-0.1, -0.05) is 13.3 Å². The van der Waals surface area contributed by atoms with Gasteiger partial charge in [-0.3, -0.25) is 4.90 Å². The van der Waals surface area contributed by atoms with E-state index in [1.807, 2.05) is 16.8 Å². The number of fused-ring (bicyclic) bond motifs is 1. The first-order valence-corrected chi connectivity index (χ1v) is 8.57. The van der Waals surface area contributed by atoms with E-state index in [1.165, 1.54) is 0 Å². The van der Waals surface area contributed by atoms with Gasteiger partial charge in [0.25, 0.3) is 0 Å². The zero-order valence-corrected chi connectivity index (χ0v) is 15.0. The lowest BCUT2D eigenvalue weighted by molar-refractivity contribution is 0.0819. The number of aliphatic hydroxyl groups excluding tert-OH is 1. The first-order chi connectivity index (χ1) is 12.2. The van der Waals surface area contributed by atoms with Gasteiger partial charge < -0.3 is 14.6 Å². The van der Waals surface area contributed by atoms with Crippen molar-refractivity contribution in [2.75, 3.05) is 20.8 Å². The Balaban J connectivity index is 1.83. The third-order valence-corrected chi connectivity index (χ3v) is 4.55. The summed E-state index contributed by atoms with van der Waals surface area (Å²) in [5, 5.41) is 22.7. The van der Waals surface area contributed by atoms with Crippen LogP contribution in [0.5, 0.6) is 11.5 Å². The lowest BCUT2D eigenvalue weighted by Crippen LogP contribution is -2.34. The van der Waals surface area contributed by atoms with Crippen LogP contribution in [0.1, 0.15) is 42.8 Å². The summed E-state index contributed by atoms with van der Waals surface area (Å²) in [7, 11) is 3.25. The van der Waals surface area contributed by atoms with E-state index >= 15 is 0 Å². The van der Waals surface area contributed by atoms with Crippen molar-refractivity contribution in [3.8, 4) is 11.5 Å². The van der Waals surface area contributed by atoms with Gasteiger partial charge in [0.1, 0.15) is 11.5 Å². The molecule has 1 aliphatic heterocycles. The number of β-amino-alcohol motifs (C(OH)–C–C–N with tert-alkyl or cyclic N) is 1. The Hall–Kier alpha value is -2.19. The van der Waals surface area contributed by atoms with Crippen molar-refractivity contribution in [3.63, 3.8) is 0 Å². The van der Waals surface area contributed by atoms with Gasteiger partial charge >= 0.3 is 0 Å². The Morgan fingerprint density at radius 3 is 2.72 bits per heavy atom. The molecule has 2 aromatic rings. The molecule has 1 aromatic carbocycles. The predicted molar refractivity (Wildman–Crippen MR) is 91.3 cm³/mol. The molecule has 8 nitrogen and oxygen atoms in total. The van der Waals surface area contributed by atoms with Crippen molar-refractivity contribution < 1.29 is 14.6 Å². The number of benzene rings is 1. The van der Waals surface area contributed by atoms with E-state index in [0.717, 1.165) is 42.1 Å². The summed E-state index contributed by atoms with van der Waals surface area (Å²) >= 11 is 0. The van der Waals surface area contributed by atoms with Gasteiger partial charge in [0, 0.05) is 30.8 Å². The number of hydrogen-bond acceptors (Lipinski definition) is 7. The molecule has 0 fully saturated rings. The normalized spacial score (nSPS) is 17.4. The molecule has 0 bridgehead atoms. The van der Waals surface area contributed by atoms with Crippen molar-refractivity contribution >= 4 is 0 Å². The van der Waals surface area contributed by atoms with Gasteiger partial charge in [-0.05, 0) is 29.0 Å². The molecule has 0 unspecified atom stereocenters. The first kappa shape index (κ1) is 17.6. The lowest BCUT2D eigenvalue weighted by atomic mass is 9.95. The van der Waals surface area contributed by atoms with Crippen LogP contribution in [0.25, 0.3) is 0 Å². The van der Waals surface area contributed by atoms with Gasteiger partial charge in [-0.15, -0.1) is 5.10 Å². The van der Waals surface area contributed by atoms with E-state index in [1.54, 1.807) is 14.2 Å². The lowest BCUT2D eigenvalue weighted by Gasteiger charge is -2.33. The second-order valence-corrected chi connectivity index (χ2v) is 6.22. The molecule has 0 aliphatic carbocycles. The highest BCUT2D eigenvalue weighted by molar-refractivity contribution is 5.51. The summed E-state index contributed by atoms with van der Waals surface area (Å²) in [6.45, 7) is 4.67. The van der Waals surface area contributed by atoms with E-state index in [2.05, 4.69) is 27.3 Å². The molecule has 1 atom stereocenters.